The number of hydrogen-bond acceptors (Lipinski definition) is 0. The van der Waals surface area contributed by atoms with Crippen LogP contribution >= 0.6 is 0 Å². The molecular weight excluding hydrogens is 192 g/mol. The molecule has 3 atom stereocenters. The first kappa shape index (κ1) is 12.0. The molecule has 1 fully saturated rings. The van der Waals surface area contributed by atoms with Gasteiger partial charge in [0.25, 0.3) is 0 Å². The highest BCUT2D eigenvalue weighted by atomic mass is 14.5. The SMILES string of the molecule is C=C(CC)C1=C[C@]2(C)C(CCC[C@H]2C)CC1. The van der Waals surface area contributed by atoms with Gasteiger partial charge in [-0.05, 0) is 54.9 Å². The van der Waals surface area contributed by atoms with Crippen molar-refractivity contribution >= 4 is 0 Å². The molecule has 90 valence electrons. The lowest BCUT2D eigenvalue weighted by Crippen LogP contribution is -2.38. The Balaban J connectivity index is 2.28. The molecule has 0 heterocycles. The van der Waals surface area contributed by atoms with Gasteiger partial charge in [-0.1, -0.05) is 45.4 Å². The van der Waals surface area contributed by atoms with E-state index < -0.39 is 0 Å². The van der Waals surface area contributed by atoms with E-state index in [1.807, 2.05) is 0 Å². The lowest BCUT2D eigenvalue weighted by Gasteiger charge is -2.48. The first-order valence-corrected chi connectivity index (χ1v) is 6.97. The van der Waals surface area contributed by atoms with Gasteiger partial charge in [-0.3, -0.25) is 0 Å². The molecule has 0 saturated heterocycles. The van der Waals surface area contributed by atoms with Crippen molar-refractivity contribution in [2.24, 2.45) is 17.3 Å². The van der Waals surface area contributed by atoms with Crippen molar-refractivity contribution in [1.82, 2.24) is 0 Å². The van der Waals surface area contributed by atoms with Crippen LogP contribution in [-0.4, -0.2) is 0 Å². The molecule has 16 heavy (non-hydrogen) atoms. The topological polar surface area (TPSA) is 0 Å². The van der Waals surface area contributed by atoms with Crippen LogP contribution in [0.4, 0.5) is 0 Å². The lowest BCUT2D eigenvalue weighted by atomic mass is 9.57. The summed E-state index contributed by atoms with van der Waals surface area (Å²) in [6.45, 7) is 11.4. The number of fused-ring (bicyclic) bond motifs is 1. The molecule has 0 aromatic carbocycles. The van der Waals surface area contributed by atoms with Crippen LogP contribution in [0.5, 0.6) is 0 Å². The van der Waals surface area contributed by atoms with Crippen LogP contribution in [0.2, 0.25) is 0 Å². The smallest absolute Gasteiger partial charge is 0.00867 e. The van der Waals surface area contributed by atoms with Crippen LogP contribution < -0.4 is 0 Å². The largest absolute Gasteiger partial charge is 0.0956 e. The zero-order valence-corrected chi connectivity index (χ0v) is 11.2. The Hall–Kier alpha value is -0.520. The maximum atomic E-state index is 4.22. The van der Waals surface area contributed by atoms with Gasteiger partial charge in [0.15, 0.2) is 0 Å². The summed E-state index contributed by atoms with van der Waals surface area (Å²) in [5.74, 6) is 1.79. The molecule has 2 aliphatic carbocycles. The Labute approximate surface area is 101 Å². The van der Waals surface area contributed by atoms with E-state index in [2.05, 4.69) is 33.4 Å². The van der Waals surface area contributed by atoms with Gasteiger partial charge in [-0.25, -0.2) is 0 Å². The lowest BCUT2D eigenvalue weighted by molar-refractivity contribution is 0.0862. The van der Waals surface area contributed by atoms with Crippen molar-refractivity contribution in [3.05, 3.63) is 23.8 Å². The normalized spacial score (nSPS) is 38.8. The summed E-state index contributed by atoms with van der Waals surface area (Å²) in [4.78, 5) is 0. The van der Waals surface area contributed by atoms with Gasteiger partial charge in [0.05, 0.1) is 0 Å². The molecule has 1 saturated carbocycles. The molecule has 0 heteroatoms. The minimum absolute atomic E-state index is 0.462. The van der Waals surface area contributed by atoms with E-state index in [0.29, 0.717) is 5.41 Å². The number of hydrogen-bond donors (Lipinski definition) is 0. The fourth-order valence-electron chi connectivity index (χ4n) is 3.69. The van der Waals surface area contributed by atoms with Gasteiger partial charge in [-0.15, -0.1) is 0 Å². The number of allylic oxidation sites excluding steroid dienone is 3. The molecule has 1 unspecified atom stereocenters. The van der Waals surface area contributed by atoms with E-state index >= 15 is 0 Å². The molecule has 0 bridgehead atoms. The first-order valence-electron chi connectivity index (χ1n) is 6.97. The molecule has 0 aromatic heterocycles. The molecule has 2 rings (SSSR count). The molecule has 0 aliphatic heterocycles. The minimum Gasteiger partial charge on any atom is -0.0956 e. The van der Waals surface area contributed by atoms with E-state index in [4.69, 9.17) is 0 Å². The van der Waals surface area contributed by atoms with Crippen LogP contribution in [0, 0.1) is 17.3 Å². The maximum absolute atomic E-state index is 4.22. The summed E-state index contributed by atoms with van der Waals surface area (Å²) in [5.41, 5.74) is 3.40. The van der Waals surface area contributed by atoms with Gasteiger partial charge in [0.1, 0.15) is 0 Å². The average molecular weight is 218 g/mol. The van der Waals surface area contributed by atoms with Gasteiger partial charge >= 0.3 is 0 Å². The second-order valence-corrected chi connectivity index (χ2v) is 6.06. The molecular formula is C16H26. The van der Waals surface area contributed by atoms with Crippen LogP contribution in [0.15, 0.2) is 23.8 Å². The summed E-state index contributed by atoms with van der Waals surface area (Å²) in [6.07, 6.45) is 10.7. The molecule has 0 N–H and O–H groups in total. The highest BCUT2D eigenvalue weighted by molar-refractivity contribution is 5.32. The van der Waals surface area contributed by atoms with Crippen molar-refractivity contribution in [1.29, 1.82) is 0 Å². The molecule has 0 nitrogen and oxygen atoms in total. The van der Waals surface area contributed by atoms with E-state index in [1.165, 1.54) is 37.7 Å². The zero-order valence-electron chi connectivity index (χ0n) is 11.2. The molecule has 2 aliphatic rings. The predicted octanol–water partition coefficient (Wildman–Crippen LogP) is 5.12. The number of rotatable bonds is 2. The molecule has 0 spiro atoms. The Kier molecular flexibility index (Phi) is 3.28. The zero-order chi connectivity index (χ0) is 11.8. The summed E-state index contributed by atoms with van der Waals surface area (Å²) in [6, 6.07) is 0. The van der Waals surface area contributed by atoms with Gasteiger partial charge in [-0.2, -0.15) is 0 Å². The first-order chi connectivity index (χ1) is 7.58. The van der Waals surface area contributed by atoms with Crippen molar-refractivity contribution < 1.29 is 0 Å². The van der Waals surface area contributed by atoms with Crippen molar-refractivity contribution in [3.63, 3.8) is 0 Å². The van der Waals surface area contributed by atoms with E-state index in [0.717, 1.165) is 18.3 Å². The predicted molar refractivity (Wildman–Crippen MR) is 71.4 cm³/mol. The standard InChI is InChI=1S/C16H26/c1-5-12(2)14-9-10-15-8-6-7-13(3)16(15,4)11-14/h11,13,15H,2,5-10H2,1,3-4H3/t13-,15?,16+/m1/s1. The van der Waals surface area contributed by atoms with E-state index in [1.54, 1.807) is 5.57 Å². The fraction of sp³-hybridized carbons (Fsp3) is 0.750. The van der Waals surface area contributed by atoms with Crippen LogP contribution in [0.3, 0.4) is 0 Å². The van der Waals surface area contributed by atoms with Crippen LogP contribution in [0.1, 0.15) is 59.3 Å². The van der Waals surface area contributed by atoms with Crippen LogP contribution in [-0.2, 0) is 0 Å². The van der Waals surface area contributed by atoms with Crippen molar-refractivity contribution in [2.45, 2.75) is 59.3 Å². The maximum Gasteiger partial charge on any atom is -0.00867 e. The second kappa shape index (κ2) is 4.39. The Morgan fingerprint density at radius 1 is 1.44 bits per heavy atom. The van der Waals surface area contributed by atoms with Gasteiger partial charge in [0.2, 0.25) is 0 Å². The molecule has 0 aromatic rings. The third-order valence-corrected chi connectivity index (χ3v) is 5.26. The minimum atomic E-state index is 0.462. The molecule has 0 amide bonds. The van der Waals surface area contributed by atoms with Gasteiger partial charge < -0.3 is 0 Å². The molecule has 0 radical (unpaired) electrons. The third kappa shape index (κ3) is 1.87. The van der Waals surface area contributed by atoms with E-state index in [-0.39, 0.29) is 0 Å². The summed E-state index contributed by atoms with van der Waals surface area (Å²) < 4.78 is 0. The Bertz CT molecular complexity index is 310. The van der Waals surface area contributed by atoms with Crippen LogP contribution in [0.25, 0.3) is 0 Å². The van der Waals surface area contributed by atoms with Crippen molar-refractivity contribution in [2.75, 3.05) is 0 Å². The Morgan fingerprint density at radius 3 is 2.88 bits per heavy atom. The monoisotopic (exact) mass is 218 g/mol. The third-order valence-electron chi connectivity index (χ3n) is 5.26. The second-order valence-electron chi connectivity index (χ2n) is 6.06. The quantitative estimate of drug-likeness (QED) is 0.604. The van der Waals surface area contributed by atoms with Gasteiger partial charge in [0, 0.05) is 0 Å². The highest BCUT2D eigenvalue weighted by Gasteiger charge is 2.42. The summed E-state index contributed by atoms with van der Waals surface area (Å²) in [7, 11) is 0. The summed E-state index contributed by atoms with van der Waals surface area (Å²) >= 11 is 0. The van der Waals surface area contributed by atoms with E-state index in [9.17, 15) is 0 Å². The Morgan fingerprint density at radius 2 is 2.19 bits per heavy atom. The fourth-order valence-corrected chi connectivity index (χ4v) is 3.69. The van der Waals surface area contributed by atoms with Crippen molar-refractivity contribution in [3.8, 4) is 0 Å². The average Bonchev–Trinajstić information content (AvgIpc) is 2.29. The highest BCUT2D eigenvalue weighted by Crippen LogP contribution is 2.52. The summed E-state index contributed by atoms with van der Waals surface area (Å²) in [5, 5.41) is 0.